The standard InChI is InChI=1S/C23H31N3O2.C2H6/c1-23(2,3)28-22(27)26-11-8-17(9-12-26)13-18-5-4-6-20(14-18)21-15-19(16-24)7-10-25-21;1-2/h4-7,10,14-15,17H,8-9,11-13,16,24H2,1-3H3;1-2H3. The van der Waals surface area contributed by atoms with Crippen molar-refractivity contribution in [3.05, 3.63) is 53.7 Å². The molecule has 2 N–H and O–H groups in total. The van der Waals surface area contributed by atoms with Crippen molar-refractivity contribution in [3.8, 4) is 11.3 Å². The van der Waals surface area contributed by atoms with Gasteiger partial charge in [-0.15, -0.1) is 0 Å². The number of rotatable bonds is 4. The number of nitrogens with zero attached hydrogens (tertiary/aromatic N) is 2. The number of benzene rings is 1. The molecule has 0 atom stereocenters. The van der Waals surface area contributed by atoms with Gasteiger partial charge >= 0.3 is 6.09 Å². The second kappa shape index (κ2) is 11.1. The molecule has 30 heavy (non-hydrogen) atoms. The summed E-state index contributed by atoms with van der Waals surface area (Å²) in [7, 11) is 0. The number of pyridine rings is 1. The Morgan fingerprint density at radius 1 is 1.13 bits per heavy atom. The molecule has 5 heteroatoms. The number of hydrogen-bond donors (Lipinski definition) is 1. The molecular formula is C25H37N3O2. The Bertz CT molecular complexity index is 806. The Morgan fingerprint density at radius 3 is 2.47 bits per heavy atom. The lowest BCUT2D eigenvalue weighted by molar-refractivity contribution is 0.0184. The van der Waals surface area contributed by atoms with E-state index in [4.69, 9.17) is 10.5 Å². The molecule has 3 rings (SSSR count). The van der Waals surface area contributed by atoms with E-state index < -0.39 is 5.60 Å². The normalized spacial score (nSPS) is 14.7. The molecule has 1 aliphatic rings. The van der Waals surface area contributed by atoms with Crippen LogP contribution in [0.25, 0.3) is 11.3 Å². The number of carbonyl (C=O) groups is 1. The lowest BCUT2D eigenvalue weighted by Gasteiger charge is -2.33. The van der Waals surface area contributed by atoms with E-state index in [-0.39, 0.29) is 6.09 Å². The summed E-state index contributed by atoms with van der Waals surface area (Å²) in [5, 5.41) is 0. The zero-order chi connectivity index (χ0) is 22.1. The van der Waals surface area contributed by atoms with Crippen LogP contribution >= 0.6 is 0 Å². The molecule has 0 radical (unpaired) electrons. The third-order valence-corrected chi connectivity index (χ3v) is 5.07. The van der Waals surface area contributed by atoms with Gasteiger partial charge in [-0.2, -0.15) is 0 Å². The van der Waals surface area contributed by atoms with E-state index in [1.165, 1.54) is 5.56 Å². The van der Waals surface area contributed by atoms with Gasteiger partial charge in [0.2, 0.25) is 0 Å². The fraction of sp³-hybridized carbons (Fsp3) is 0.520. The van der Waals surface area contributed by atoms with Crippen LogP contribution in [0.4, 0.5) is 4.79 Å². The zero-order valence-corrected chi connectivity index (χ0v) is 19.1. The van der Waals surface area contributed by atoms with Crippen LogP contribution < -0.4 is 5.73 Å². The molecule has 0 bridgehead atoms. The summed E-state index contributed by atoms with van der Waals surface area (Å²) in [5.41, 5.74) is 9.80. The summed E-state index contributed by atoms with van der Waals surface area (Å²) in [6, 6.07) is 12.6. The first kappa shape index (κ1) is 23.9. The van der Waals surface area contributed by atoms with E-state index >= 15 is 0 Å². The third-order valence-electron chi connectivity index (χ3n) is 5.07. The molecule has 0 spiro atoms. The highest BCUT2D eigenvalue weighted by Gasteiger charge is 2.26. The molecule has 1 aromatic heterocycles. The first-order valence-corrected chi connectivity index (χ1v) is 11.1. The lowest BCUT2D eigenvalue weighted by Crippen LogP contribution is -2.42. The van der Waals surface area contributed by atoms with Crippen molar-refractivity contribution in [3.63, 3.8) is 0 Å². The Kier molecular flexibility index (Phi) is 8.85. The summed E-state index contributed by atoms with van der Waals surface area (Å²) >= 11 is 0. The van der Waals surface area contributed by atoms with Crippen molar-refractivity contribution in [1.29, 1.82) is 0 Å². The van der Waals surface area contributed by atoms with Crippen molar-refractivity contribution in [2.24, 2.45) is 11.7 Å². The highest BCUT2D eigenvalue weighted by molar-refractivity contribution is 5.68. The average molecular weight is 412 g/mol. The number of aromatic nitrogens is 1. The largest absolute Gasteiger partial charge is 0.444 e. The maximum atomic E-state index is 12.2. The number of piperidine rings is 1. The molecular weight excluding hydrogens is 374 g/mol. The van der Waals surface area contributed by atoms with Gasteiger partial charge in [-0.25, -0.2) is 4.79 Å². The van der Waals surface area contributed by atoms with E-state index in [0.29, 0.717) is 12.5 Å². The van der Waals surface area contributed by atoms with Crippen molar-refractivity contribution in [2.75, 3.05) is 13.1 Å². The Morgan fingerprint density at radius 2 is 1.83 bits per heavy atom. The molecule has 2 heterocycles. The van der Waals surface area contributed by atoms with E-state index in [2.05, 4.69) is 35.3 Å². The molecule has 0 unspecified atom stereocenters. The van der Waals surface area contributed by atoms with Gasteiger partial charge in [0.25, 0.3) is 0 Å². The summed E-state index contributed by atoms with van der Waals surface area (Å²) in [5.74, 6) is 0.581. The van der Waals surface area contributed by atoms with Crippen LogP contribution in [0.15, 0.2) is 42.6 Å². The fourth-order valence-electron chi connectivity index (χ4n) is 3.60. The molecule has 1 amide bonds. The molecule has 0 saturated carbocycles. The van der Waals surface area contributed by atoms with Crippen molar-refractivity contribution >= 4 is 6.09 Å². The van der Waals surface area contributed by atoms with Crippen LogP contribution in [0.3, 0.4) is 0 Å². The summed E-state index contributed by atoms with van der Waals surface area (Å²) in [6.45, 7) is 11.8. The number of ether oxygens (including phenoxy) is 1. The van der Waals surface area contributed by atoms with Crippen molar-refractivity contribution < 1.29 is 9.53 Å². The predicted molar refractivity (Wildman–Crippen MR) is 123 cm³/mol. The minimum Gasteiger partial charge on any atom is -0.444 e. The number of hydrogen-bond acceptors (Lipinski definition) is 4. The maximum Gasteiger partial charge on any atom is 0.410 e. The van der Waals surface area contributed by atoms with Crippen LogP contribution in [-0.2, 0) is 17.7 Å². The van der Waals surface area contributed by atoms with Gasteiger partial charge in [0.1, 0.15) is 5.60 Å². The predicted octanol–water partition coefficient (Wildman–Crippen LogP) is 5.42. The van der Waals surface area contributed by atoms with Gasteiger partial charge < -0.3 is 15.4 Å². The molecule has 1 fully saturated rings. The van der Waals surface area contributed by atoms with E-state index in [1.807, 2.05) is 51.8 Å². The van der Waals surface area contributed by atoms with Gasteiger partial charge in [-0.3, -0.25) is 4.98 Å². The zero-order valence-electron chi connectivity index (χ0n) is 19.1. The smallest absolute Gasteiger partial charge is 0.410 e. The summed E-state index contributed by atoms with van der Waals surface area (Å²) in [4.78, 5) is 18.5. The first-order chi connectivity index (χ1) is 14.3. The minimum absolute atomic E-state index is 0.196. The second-order valence-corrected chi connectivity index (χ2v) is 8.57. The van der Waals surface area contributed by atoms with Crippen molar-refractivity contribution in [2.45, 2.75) is 66.0 Å². The number of amides is 1. The average Bonchev–Trinajstić information content (AvgIpc) is 2.75. The van der Waals surface area contributed by atoms with Crippen LogP contribution in [0.1, 0.15) is 58.6 Å². The molecule has 1 saturated heterocycles. The highest BCUT2D eigenvalue weighted by atomic mass is 16.6. The number of carbonyl (C=O) groups excluding carboxylic acids is 1. The van der Waals surface area contributed by atoms with E-state index in [9.17, 15) is 4.79 Å². The molecule has 2 aromatic rings. The van der Waals surface area contributed by atoms with Gasteiger partial charge in [0, 0.05) is 31.4 Å². The molecule has 1 aliphatic heterocycles. The lowest BCUT2D eigenvalue weighted by atomic mass is 9.89. The van der Waals surface area contributed by atoms with Crippen LogP contribution in [0.2, 0.25) is 0 Å². The topological polar surface area (TPSA) is 68.5 Å². The molecule has 1 aromatic carbocycles. The van der Waals surface area contributed by atoms with E-state index in [1.54, 1.807) is 0 Å². The SMILES string of the molecule is CC.CC(C)(C)OC(=O)N1CCC(Cc2cccc(-c3cc(CN)ccn3)c2)CC1. The van der Waals surface area contributed by atoms with Crippen LogP contribution in [-0.4, -0.2) is 34.7 Å². The molecule has 164 valence electrons. The second-order valence-electron chi connectivity index (χ2n) is 8.57. The van der Waals surface area contributed by atoms with Crippen molar-refractivity contribution in [1.82, 2.24) is 9.88 Å². The number of likely N-dealkylation sites (tertiary alicyclic amines) is 1. The monoisotopic (exact) mass is 411 g/mol. The summed E-state index contributed by atoms with van der Waals surface area (Å²) < 4.78 is 5.49. The Hall–Kier alpha value is -2.40. The third kappa shape index (κ3) is 7.13. The molecule has 0 aliphatic carbocycles. The minimum atomic E-state index is -0.441. The summed E-state index contributed by atoms with van der Waals surface area (Å²) in [6.07, 6.45) is 4.65. The van der Waals surface area contributed by atoms with Gasteiger partial charge in [0.05, 0.1) is 5.69 Å². The van der Waals surface area contributed by atoms with E-state index in [0.717, 1.165) is 49.2 Å². The first-order valence-electron chi connectivity index (χ1n) is 11.1. The Balaban J connectivity index is 0.00000155. The maximum absolute atomic E-state index is 12.2. The Labute approximate surface area is 181 Å². The van der Waals surface area contributed by atoms with Gasteiger partial charge in [0.15, 0.2) is 0 Å². The molecule has 5 nitrogen and oxygen atoms in total. The highest BCUT2D eigenvalue weighted by Crippen LogP contribution is 2.25. The van der Waals surface area contributed by atoms with Crippen LogP contribution in [0.5, 0.6) is 0 Å². The van der Waals surface area contributed by atoms with Gasteiger partial charge in [-0.05, 0) is 75.3 Å². The van der Waals surface area contributed by atoms with Crippen LogP contribution in [0, 0.1) is 5.92 Å². The quantitative estimate of drug-likeness (QED) is 0.729. The number of nitrogens with two attached hydrogens (primary N) is 1. The van der Waals surface area contributed by atoms with Gasteiger partial charge in [-0.1, -0.05) is 32.0 Å². The fourth-order valence-corrected chi connectivity index (χ4v) is 3.60.